The summed E-state index contributed by atoms with van der Waals surface area (Å²) in [5, 5.41) is 5.98. The lowest BCUT2D eigenvalue weighted by Gasteiger charge is -2.12. The number of anilines is 3. The molecule has 0 fully saturated rings. The molecule has 2 N–H and O–H groups in total. The smallest absolute Gasteiger partial charge is 0.343 e. The van der Waals surface area contributed by atoms with Crippen LogP contribution in [0.5, 0.6) is 0 Å². The third-order valence-electron chi connectivity index (χ3n) is 2.91. The van der Waals surface area contributed by atoms with Crippen molar-refractivity contribution in [1.82, 2.24) is 9.97 Å². The fourth-order valence-electron chi connectivity index (χ4n) is 1.87. The summed E-state index contributed by atoms with van der Waals surface area (Å²) in [7, 11) is 0. The van der Waals surface area contributed by atoms with Crippen LogP contribution >= 0.6 is 0 Å². The molecule has 0 saturated heterocycles. The standard InChI is InChI=1S/C16H19FN4O2/c1-3-8-18-14-13(15(22)23-4-2)10-19-16(21-14)20-12-7-5-6-11(17)9-12/h5-7,9-10H,3-4,8H2,1-2H3,(H2,18,19,20,21). The quantitative estimate of drug-likeness (QED) is 0.762. The van der Waals surface area contributed by atoms with E-state index in [9.17, 15) is 9.18 Å². The molecule has 1 aromatic carbocycles. The van der Waals surface area contributed by atoms with Crippen LogP contribution in [-0.2, 0) is 4.74 Å². The van der Waals surface area contributed by atoms with E-state index in [4.69, 9.17) is 4.74 Å². The third-order valence-corrected chi connectivity index (χ3v) is 2.91. The maximum atomic E-state index is 13.2. The number of benzene rings is 1. The van der Waals surface area contributed by atoms with Crippen molar-refractivity contribution in [3.63, 3.8) is 0 Å². The number of aromatic nitrogens is 2. The number of ether oxygens (including phenoxy) is 1. The Bertz CT molecular complexity index is 679. The Morgan fingerprint density at radius 2 is 2.17 bits per heavy atom. The van der Waals surface area contributed by atoms with Crippen molar-refractivity contribution in [2.75, 3.05) is 23.8 Å². The Labute approximate surface area is 134 Å². The minimum atomic E-state index is -0.483. The Kier molecular flexibility index (Phi) is 5.85. The fraction of sp³-hybridized carbons (Fsp3) is 0.312. The van der Waals surface area contributed by atoms with E-state index < -0.39 is 5.97 Å². The van der Waals surface area contributed by atoms with E-state index in [0.717, 1.165) is 6.42 Å². The topological polar surface area (TPSA) is 76.1 Å². The highest BCUT2D eigenvalue weighted by Gasteiger charge is 2.15. The molecule has 1 heterocycles. The van der Waals surface area contributed by atoms with Crippen molar-refractivity contribution >= 4 is 23.4 Å². The number of rotatable bonds is 7. The lowest BCUT2D eigenvalue weighted by molar-refractivity contribution is 0.0526. The van der Waals surface area contributed by atoms with Gasteiger partial charge in [0, 0.05) is 18.4 Å². The molecule has 0 aliphatic carbocycles. The molecule has 0 unspecified atom stereocenters. The average molecular weight is 318 g/mol. The van der Waals surface area contributed by atoms with Gasteiger partial charge in [-0.1, -0.05) is 13.0 Å². The predicted octanol–water partition coefficient (Wildman–Crippen LogP) is 3.36. The van der Waals surface area contributed by atoms with Gasteiger partial charge in [-0.15, -0.1) is 0 Å². The van der Waals surface area contributed by atoms with Crippen LogP contribution in [0.15, 0.2) is 30.5 Å². The number of nitrogens with zero attached hydrogens (tertiary/aromatic N) is 2. The summed E-state index contributed by atoms with van der Waals surface area (Å²) >= 11 is 0. The molecule has 6 nitrogen and oxygen atoms in total. The molecule has 2 rings (SSSR count). The first kappa shape index (κ1) is 16.7. The SMILES string of the molecule is CCCNc1nc(Nc2cccc(F)c2)ncc1C(=O)OCC. The van der Waals surface area contributed by atoms with Crippen molar-refractivity contribution in [3.8, 4) is 0 Å². The summed E-state index contributed by atoms with van der Waals surface area (Å²) in [5.41, 5.74) is 0.792. The number of halogens is 1. The van der Waals surface area contributed by atoms with E-state index in [1.807, 2.05) is 6.92 Å². The van der Waals surface area contributed by atoms with Crippen LogP contribution in [0.3, 0.4) is 0 Å². The second-order valence-electron chi connectivity index (χ2n) is 4.74. The van der Waals surface area contributed by atoms with Gasteiger partial charge in [-0.25, -0.2) is 14.2 Å². The average Bonchev–Trinajstić information content (AvgIpc) is 2.53. The summed E-state index contributed by atoms with van der Waals surface area (Å²) < 4.78 is 18.2. The van der Waals surface area contributed by atoms with Gasteiger partial charge < -0.3 is 15.4 Å². The molecule has 0 spiro atoms. The van der Waals surface area contributed by atoms with Crippen molar-refractivity contribution in [2.45, 2.75) is 20.3 Å². The largest absolute Gasteiger partial charge is 0.462 e. The van der Waals surface area contributed by atoms with Crippen LogP contribution in [0, 0.1) is 5.82 Å². The molecular weight excluding hydrogens is 299 g/mol. The van der Waals surface area contributed by atoms with E-state index in [2.05, 4.69) is 20.6 Å². The summed E-state index contributed by atoms with van der Waals surface area (Å²) in [4.78, 5) is 20.3. The van der Waals surface area contributed by atoms with Gasteiger partial charge in [0.15, 0.2) is 0 Å². The number of hydrogen-bond acceptors (Lipinski definition) is 6. The van der Waals surface area contributed by atoms with E-state index in [0.29, 0.717) is 18.1 Å². The molecule has 23 heavy (non-hydrogen) atoms. The van der Waals surface area contributed by atoms with Crippen molar-refractivity contribution in [1.29, 1.82) is 0 Å². The van der Waals surface area contributed by atoms with Crippen molar-refractivity contribution in [3.05, 3.63) is 41.8 Å². The maximum absolute atomic E-state index is 13.2. The second-order valence-corrected chi connectivity index (χ2v) is 4.74. The van der Waals surface area contributed by atoms with Gasteiger partial charge >= 0.3 is 5.97 Å². The Balaban J connectivity index is 2.26. The van der Waals surface area contributed by atoms with Crippen LogP contribution in [0.4, 0.5) is 21.8 Å². The van der Waals surface area contributed by atoms with Gasteiger partial charge in [0.25, 0.3) is 0 Å². The molecule has 0 amide bonds. The van der Waals surface area contributed by atoms with Crippen LogP contribution < -0.4 is 10.6 Å². The van der Waals surface area contributed by atoms with Gasteiger partial charge in [0.05, 0.1) is 6.61 Å². The van der Waals surface area contributed by atoms with Crippen LogP contribution in [-0.4, -0.2) is 29.1 Å². The van der Waals surface area contributed by atoms with Gasteiger partial charge in [-0.2, -0.15) is 4.98 Å². The zero-order chi connectivity index (χ0) is 16.7. The van der Waals surface area contributed by atoms with Crippen molar-refractivity contribution in [2.24, 2.45) is 0 Å². The minimum absolute atomic E-state index is 0.266. The van der Waals surface area contributed by atoms with Gasteiger partial charge in [-0.3, -0.25) is 0 Å². The van der Waals surface area contributed by atoms with Crippen molar-refractivity contribution < 1.29 is 13.9 Å². The van der Waals surface area contributed by atoms with E-state index in [1.54, 1.807) is 19.1 Å². The molecule has 0 atom stereocenters. The van der Waals surface area contributed by atoms with Crippen LogP contribution in [0.2, 0.25) is 0 Å². The van der Waals surface area contributed by atoms with Gasteiger partial charge in [-0.05, 0) is 31.5 Å². The van der Waals surface area contributed by atoms with E-state index >= 15 is 0 Å². The zero-order valence-corrected chi connectivity index (χ0v) is 13.1. The molecule has 0 radical (unpaired) electrons. The molecule has 7 heteroatoms. The molecule has 0 bridgehead atoms. The highest BCUT2D eigenvalue weighted by Crippen LogP contribution is 2.19. The lowest BCUT2D eigenvalue weighted by Crippen LogP contribution is -2.13. The highest BCUT2D eigenvalue weighted by molar-refractivity contribution is 5.94. The molecule has 1 aromatic heterocycles. The van der Waals surface area contributed by atoms with Crippen LogP contribution in [0.25, 0.3) is 0 Å². The van der Waals surface area contributed by atoms with Gasteiger partial charge in [0.2, 0.25) is 5.95 Å². The maximum Gasteiger partial charge on any atom is 0.343 e. The lowest BCUT2D eigenvalue weighted by atomic mass is 10.3. The predicted molar refractivity (Wildman–Crippen MR) is 86.5 cm³/mol. The molecule has 0 saturated carbocycles. The summed E-state index contributed by atoms with van der Waals surface area (Å²) in [6.07, 6.45) is 2.27. The Morgan fingerprint density at radius 3 is 2.87 bits per heavy atom. The fourth-order valence-corrected chi connectivity index (χ4v) is 1.87. The summed E-state index contributed by atoms with van der Waals surface area (Å²) in [6.45, 7) is 4.67. The normalized spacial score (nSPS) is 10.2. The second kappa shape index (κ2) is 8.07. The Morgan fingerprint density at radius 1 is 1.35 bits per heavy atom. The summed E-state index contributed by atoms with van der Waals surface area (Å²) in [5.74, 6) is -0.188. The molecular formula is C16H19FN4O2. The number of esters is 1. The van der Waals surface area contributed by atoms with Gasteiger partial charge in [0.1, 0.15) is 17.2 Å². The number of carbonyl (C=O) groups excluding carboxylic acids is 1. The van der Waals surface area contributed by atoms with Crippen LogP contribution in [0.1, 0.15) is 30.6 Å². The minimum Gasteiger partial charge on any atom is -0.462 e. The third kappa shape index (κ3) is 4.64. The van der Waals surface area contributed by atoms with E-state index in [-0.39, 0.29) is 23.9 Å². The Hall–Kier alpha value is -2.70. The number of carbonyl (C=O) groups is 1. The zero-order valence-electron chi connectivity index (χ0n) is 13.1. The highest BCUT2D eigenvalue weighted by atomic mass is 19.1. The summed E-state index contributed by atoms with van der Waals surface area (Å²) in [6, 6.07) is 5.97. The molecule has 122 valence electrons. The molecule has 0 aliphatic rings. The first-order valence-corrected chi connectivity index (χ1v) is 7.44. The molecule has 2 aromatic rings. The molecule has 0 aliphatic heterocycles. The number of nitrogens with one attached hydrogen (secondary N) is 2. The first-order chi connectivity index (χ1) is 11.1. The first-order valence-electron chi connectivity index (χ1n) is 7.44. The number of hydrogen-bond donors (Lipinski definition) is 2. The van der Waals surface area contributed by atoms with E-state index in [1.165, 1.54) is 18.3 Å². The monoisotopic (exact) mass is 318 g/mol.